The Morgan fingerprint density at radius 1 is 1.17 bits per heavy atom. The van der Waals surface area contributed by atoms with Crippen molar-refractivity contribution in [3.63, 3.8) is 0 Å². The lowest BCUT2D eigenvalue weighted by atomic mass is 9.83. The molecule has 2 aromatic rings. The van der Waals surface area contributed by atoms with E-state index in [-0.39, 0.29) is 15.5 Å². The summed E-state index contributed by atoms with van der Waals surface area (Å²) < 4.78 is 33.4. The van der Waals surface area contributed by atoms with Crippen LogP contribution in [0.15, 0.2) is 40.6 Å². The summed E-state index contributed by atoms with van der Waals surface area (Å²) >= 11 is 7.86. The minimum atomic E-state index is -3.56. The maximum Gasteiger partial charge on any atom is 0.244 e. The van der Waals surface area contributed by atoms with Crippen LogP contribution in [0.4, 0.5) is 0 Å². The Morgan fingerprint density at radius 2 is 1.92 bits per heavy atom. The zero-order chi connectivity index (χ0) is 16.8. The van der Waals surface area contributed by atoms with Gasteiger partial charge in [-0.15, -0.1) is 11.3 Å². The Bertz CT molecular complexity index is 854. The fraction of sp³-hybridized carbons (Fsp3) is 0.412. The number of hydrogen-bond acceptors (Lipinski definition) is 4. The SMILES string of the molecule is O=S(=O)(c1ccccc1Cl)N1CCC2(CC1)OCCc1sccc12. The van der Waals surface area contributed by atoms with Crippen LogP contribution in [0.3, 0.4) is 0 Å². The number of nitrogens with zero attached hydrogens (tertiary/aromatic N) is 1. The molecule has 0 amide bonds. The van der Waals surface area contributed by atoms with Crippen molar-refractivity contribution < 1.29 is 13.2 Å². The molecule has 1 fully saturated rings. The highest BCUT2D eigenvalue weighted by molar-refractivity contribution is 7.89. The molecule has 0 radical (unpaired) electrons. The summed E-state index contributed by atoms with van der Waals surface area (Å²) in [6.07, 6.45) is 2.32. The first kappa shape index (κ1) is 16.5. The topological polar surface area (TPSA) is 46.6 Å². The Hall–Kier alpha value is -0.920. The van der Waals surface area contributed by atoms with E-state index >= 15 is 0 Å². The van der Waals surface area contributed by atoms with E-state index in [1.54, 1.807) is 35.6 Å². The van der Waals surface area contributed by atoms with Crippen LogP contribution in [0.5, 0.6) is 0 Å². The van der Waals surface area contributed by atoms with Crippen LogP contribution in [0.25, 0.3) is 0 Å². The van der Waals surface area contributed by atoms with Crippen LogP contribution in [-0.4, -0.2) is 32.4 Å². The van der Waals surface area contributed by atoms with Crippen molar-refractivity contribution in [2.45, 2.75) is 29.8 Å². The van der Waals surface area contributed by atoms with Gasteiger partial charge in [0, 0.05) is 24.4 Å². The molecular weight excluding hydrogens is 366 g/mol. The molecule has 3 heterocycles. The molecular formula is C17H18ClNO3S2. The highest BCUT2D eigenvalue weighted by Gasteiger charge is 2.43. The molecule has 2 aliphatic rings. The van der Waals surface area contributed by atoms with Gasteiger partial charge in [-0.25, -0.2) is 8.42 Å². The average Bonchev–Trinajstić information content (AvgIpc) is 3.06. The summed E-state index contributed by atoms with van der Waals surface area (Å²) in [6.45, 7) is 1.61. The molecule has 0 atom stereocenters. The first-order valence-corrected chi connectivity index (χ1v) is 10.7. The Balaban J connectivity index is 1.59. The predicted molar refractivity (Wildman–Crippen MR) is 95.1 cm³/mol. The number of benzene rings is 1. The molecule has 2 aliphatic heterocycles. The summed E-state index contributed by atoms with van der Waals surface area (Å²) in [4.78, 5) is 1.56. The van der Waals surface area contributed by atoms with Gasteiger partial charge in [-0.2, -0.15) is 4.31 Å². The van der Waals surface area contributed by atoms with Gasteiger partial charge in [-0.05, 0) is 42.0 Å². The fourth-order valence-corrected chi connectivity index (χ4v) is 6.54. The monoisotopic (exact) mass is 383 g/mol. The molecule has 0 bridgehead atoms. The van der Waals surface area contributed by atoms with Gasteiger partial charge in [0.1, 0.15) is 4.90 Å². The molecule has 0 N–H and O–H groups in total. The molecule has 128 valence electrons. The van der Waals surface area contributed by atoms with Crippen LogP contribution in [0.1, 0.15) is 23.3 Å². The van der Waals surface area contributed by atoms with E-state index in [0.717, 1.165) is 6.42 Å². The van der Waals surface area contributed by atoms with E-state index in [1.165, 1.54) is 14.7 Å². The average molecular weight is 384 g/mol. The second kappa shape index (κ2) is 6.11. The summed E-state index contributed by atoms with van der Waals surface area (Å²) in [5.74, 6) is 0. The number of thiophene rings is 1. The third kappa shape index (κ3) is 2.61. The summed E-state index contributed by atoms with van der Waals surface area (Å²) in [5.41, 5.74) is 0.939. The molecule has 1 aromatic carbocycles. The zero-order valence-electron chi connectivity index (χ0n) is 13.1. The first-order valence-electron chi connectivity index (χ1n) is 7.98. The minimum absolute atomic E-state index is 0.184. The lowest BCUT2D eigenvalue weighted by Gasteiger charge is -2.43. The number of rotatable bonds is 2. The van der Waals surface area contributed by atoms with Crippen LogP contribution in [0, 0.1) is 0 Å². The van der Waals surface area contributed by atoms with Crippen molar-refractivity contribution in [2.75, 3.05) is 19.7 Å². The number of piperidine rings is 1. The predicted octanol–water partition coefficient (Wildman–Crippen LogP) is 3.65. The van der Waals surface area contributed by atoms with E-state index in [2.05, 4.69) is 11.4 Å². The van der Waals surface area contributed by atoms with Crippen molar-refractivity contribution in [2.24, 2.45) is 0 Å². The quantitative estimate of drug-likeness (QED) is 0.795. The van der Waals surface area contributed by atoms with Gasteiger partial charge in [0.15, 0.2) is 0 Å². The lowest BCUT2D eigenvalue weighted by Crippen LogP contribution is -2.48. The largest absolute Gasteiger partial charge is 0.370 e. The van der Waals surface area contributed by atoms with E-state index in [4.69, 9.17) is 16.3 Å². The van der Waals surface area contributed by atoms with Gasteiger partial charge in [0.25, 0.3) is 0 Å². The smallest absolute Gasteiger partial charge is 0.244 e. The molecule has 1 spiro atoms. The molecule has 1 aromatic heterocycles. The van der Waals surface area contributed by atoms with Gasteiger partial charge >= 0.3 is 0 Å². The third-order valence-corrected chi connectivity index (χ3v) is 8.31. The van der Waals surface area contributed by atoms with Crippen molar-refractivity contribution in [1.82, 2.24) is 4.31 Å². The van der Waals surface area contributed by atoms with E-state index in [0.29, 0.717) is 32.5 Å². The Morgan fingerprint density at radius 3 is 2.67 bits per heavy atom. The molecule has 0 aliphatic carbocycles. The van der Waals surface area contributed by atoms with E-state index in [9.17, 15) is 8.42 Å². The van der Waals surface area contributed by atoms with Crippen molar-refractivity contribution >= 4 is 33.0 Å². The fourth-order valence-electron chi connectivity index (χ4n) is 3.65. The van der Waals surface area contributed by atoms with Crippen LogP contribution in [0.2, 0.25) is 5.02 Å². The summed E-state index contributed by atoms with van der Waals surface area (Å²) in [7, 11) is -3.56. The van der Waals surface area contributed by atoms with Crippen molar-refractivity contribution in [3.8, 4) is 0 Å². The van der Waals surface area contributed by atoms with Gasteiger partial charge in [0.2, 0.25) is 10.0 Å². The number of hydrogen-bond donors (Lipinski definition) is 0. The summed E-state index contributed by atoms with van der Waals surface area (Å²) in [5, 5.41) is 2.38. The third-order valence-electron chi connectivity index (χ3n) is 4.93. The normalized spacial score (nSPS) is 20.9. The van der Waals surface area contributed by atoms with Crippen LogP contribution >= 0.6 is 22.9 Å². The molecule has 4 rings (SSSR count). The van der Waals surface area contributed by atoms with Crippen molar-refractivity contribution in [1.29, 1.82) is 0 Å². The summed E-state index contributed by atoms with van der Waals surface area (Å²) in [6, 6.07) is 8.75. The number of ether oxygens (including phenoxy) is 1. The maximum absolute atomic E-state index is 12.9. The minimum Gasteiger partial charge on any atom is -0.370 e. The second-order valence-corrected chi connectivity index (χ2v) is 9.50. The van der Waals surface area contributed by atoms with Gasteiger partial charge in [-0.1, -0.05) is 23.7 Å². The number of sulfonamides is 1. The molecule has 0 unspecified atom stereocenters. The molecule has 4 nitrogen and oxygen atoms in total. The highest BCUT2D eigenvalue weighted by atomic mass is 35.5. The maximum atomic E-state index is 12.9. The van der Waals surface area contributed by atoms with Crippen LogP contribution < -0.4 is 0 Å². The number of fused-ring (bicyclic) bond motifs is 2. The van der Waals surface area contributed by atoms with Gasteiger partial charge in [-0.3, -0.25) is 0 Å². The second-order valence-electron chi connectivity index (χ2n) is 6.18. The number of halogens is 1. The molecule has 0 saturated carbocycles. The zero-order valence-corrected chi connectivity index (χ0v) is 15.5. The van der Waals surface area contributed by atoms with Crippen LogP contribution in [-0.2, 0) is 26.8 Å². The van der Waals surface area contributed by atoms with Gasteiger partial charge in [0.05, 0.1) is 17.2 Å². The molecule has 1 saturated heterocycles. The molecule has 24 heavy (non-hydrogen) atoms. The van der Waals surface area contributed by atoms with E-state index in [1.807, 2.05) is 0 Å². The van der Waals surface area contributed by atoms with Gasteiger partial charge < -0.3 is 4.74 Å². The van der Waals surface area contributed by atoms with E-state index < -0.39 is 10.0 Å². The highest BCUT2D eigenvalue weighted by Crippen LogP contribution is 2.44. The first-order chi connectivity index (χ1) is 11.5. The molecule has 7 heteroatoms. The standard InChI is InChI=1S/C17H18ClNO3S2/c18-14-3-1-2-4-16(14)24(20,21)19-9-7-17(8-10-19)13-6-12-23-15(13)5-11-22-17/h1-4,6,12H,5,7-11H2. The lowest BCUT2D eigenvalue weighted by molar-refractivity contribution is -0.0882. The Labute approximate surface area is 151 Å². The van der Waals surface area contributed by atoms with Crippen molar-refractivity contribution in [3.05, 3.63) is 51.2 Å². The Kier molecular flexibility index (Phi) is 4.21.